The fraction of sp³-hybridized carbons (Fsp3) is 0.333. The van der Waals surface area contributed by atoms with E-state index < -0.39 is 5.91 Å². The maximum atomic E-state index is 12.2. The molecule has 5 nitrogen and oxygen atoms in total. The monoisotopic (exact) mass is 354 g/mol. The summed E-state index contributed by atoms with van der Waals surface area (Å²) in [6.45, 7) is 8.94. The number of hydrogen-bond donors (Lipinski definition) is 2. The molecule has 0 aliphatic rings. The highest BCUT2D eigenvalue weighted by atomic mass is 16.5. The Labute approximate surface area is 154 Å². The summed E-state index contributed by atoms with van der Waals surface area (Å²) in [5, 5.41) is 0. The van der Waals surface area contributed by atoms with Gasteiger partial charge in [-0.05, 0) is 47.7 Å². The summed E-state index contributed by atoms with van der Waals surface area (Å²) in [6, 6.07) is 14.2. The molecule has 0 aliphatic carbocycles. The van der Waals surface area contributed by atoms with Gasteiger partial charge in [-0.3, -0.25) is 20.4 Å². The van der Waals surface area contributed by atoms with E-state index in [0.717, 1.165) is 12.0 Å². The summed E-state index contributed by atoms with van der Waals surface area (Å²) >= 11 is 0. The van der Waals surface area contributed by atoms with Crippen molar-refractivity contribution in [1.82, 2.24) is 10.9 Å². The minimum absolute atomic E-state index is 0.0219. The van der Waals surface area contributed by atoms with E-state index in [1.54, 1.807) is 36.4 Å². The molecule has 0 aliphatic heterocycles. The van der Waals surface area contributed by atoms with Gasteiger partial charge in [-0.15, -0.1) is 0 Å². The molecule has 2 aromatic carbocycles. The summed E-state index contributed by atoms with van der Waals surface area (Å²) in [7, 11) is 0. The Morgan fingerprint density at radius 1 is 0.923 bits per heavy atom. The summed E-state index contributed by atoms with van der Waals surface area (Å²) in [4.78, 5) is 24.4. The minimum atomic E-state index is -0.397. The van der Waals surface area contributed by atoms with Crippen molar-refractivity contribution in [3.63, 3.8) is 0 Å². The molecule has 0 atom stereocenters. The number of ether oxygens (including phenoxy) is 1. The van der Waals surface area contributed by atoms with E-state index in [9.17, 15) is 9.59 Å². The number of carbonyl (C=O) groups excluding carboxylic acids is 2. The molecule has 2 N–H and O–H groups in total. The maximum absolute atomic E-state index is 12.2. The van der Waals surface area contributed by atoms with Gasteiger partial charge >= 0.3 is 0 Å². The highest BCUT2D eigenvalue weighted by Crippen LogP contribution is 2.22. The zero-order valence-corrected chi connectivity index (χ0v) is 15.8. The molecule has 0 radical (unpaired) electrons. The van der Waals surface area contributed by atoms with Crippen molar-refractivity contribution >= 4 is 11.8 Å². The van der Waals surface area contributed by atoms with Crippen molar-refractivity contribution in [1.29, 1.82) is 0 Å². The predicted molar refractivity (Wildman–Crippen MR) is 102 cm³/mol. The van der Waals surface area contributed by atoms with E-state index in [0.29, 0.717) is 23.5 Å². The van der Waals surface area contributed by atoms with Crippen molar-refractivity contribution in [2.45, 2.75) is 39.5 Å². The topological polar surface area (TPSA) is 67.4 Å². The Morgan fingerprint density at radius 3 is 2.12 bits per heavy atom. The van der Waals surface area contributed by atoms with Crippen LogP contribution in [0.1, 0.15) is 60.4 Å². The van der Waals surface area contributed by atoms with Gasteiger partial charge in [-0.2, -0.15) is 0 Å². The Bertz CT molecular complexity index is 762. The summed E-state index contributed by atoms with van der Waals surface area (Å²) in [5.41, 5.74) is 6.94. The normalized spacial score (nSPS) is 10.9. The van der Waals surface area contributed by atoms with Crippen LogP contribution < -0.4 is 15.6 Å². The van der Waals surface area contributed by atoms with Gasteiger partial charge in [0.2, 0.25) is 0 Å². The van der Waals surface area contributed by atoms with Crippen LogP contribution in [0.15, 0.2) is 48.5 Å². The van der Waals surface area contributed by atoms with Crippen molar-refractivity contribution in [3.05, 3.63) is 65.2 Å². The van der Waals surface area contributed by atoms with Crippen molar-refractivity contribution in [2.24, 2.45) is 0 Å². The first-order valence-electron chi connectivity index (χ1n) is 8.75. The minimum Gasteiger partial charge on any atom is -0.494 e. The number of benzene rings is 2. The molecule has 0 saturated heterocycles. The second kappa shape index (κ2) is 8.52. The third-order valence-electron chi connectivity index (χ3n) is 3.87. The highest BCUT2D eigenvalue weighted by molar-refractivity contribution is 5.99. The lowest BCUT2D eigenvalue weighted by Crippen LogP contribution is -2.41. The molecule has 0 heterocycles. The number of nitrogens with one attached hydrogen (secondary N) is 2. The number of hydrazine groups is 1. The largest absolute Gasteiger partial charge is 0.494 e. The standard InChI is InChI=1S/C21H26N2O3/c1-5-13-26-18-8-6-7-16(14-18)20(25)23-22-19(24)15-9-11-17(12-10-15)21(2,3)4/h6-12,14H,5,13H2,1-4H3,(H,22,24)(H,23,25). The first-order valence-corrected chi connectivity index (χ1v) is 8.75. The van der Waals surface area contributed by atoms with Crippen molar-refractivity contribution in [2.75, 3.05) is 6.61 Å². The van der Waals surface area contributed by atoms with Crippen LogP contribution >= 0.6 is 0 Å². The maximum Gasteiger partial charge on any atom is 0.269 e. The second-order valence-corrected chi connectivity index (χ2v) is 7.11. The van der Waals surface area contributed by atoms with Gasteiger partial charge in [-0.1, -0.05) is 45.9 Å². The van der Waals surface area contributed by atoms with Crippen LogP contribution in [0.3, 0.4) is 0 Å². The molecule has 138 valence electrons. The van der Waals surface area contributed by atoms with Crippen molar-refractivity contribution in [3.8, 4) is 5.75 Å². The number of rotatable bonds is 5. The number of amides is 2. The molecule has 0 saturated carbocycles. The number of hydrogen-bond acceptors (Lipinski definition) is 3. The lowest BCUT2D eigenvalue weighted by molar-refractivity contribution is 0.0846. The van der Waals surface area contributed by atoms with Crippen LogP contribution in [0, 0.1) is 0 Å². The van der Waals surface area contributed by atoms with Gasteiger partial charge in [0.05, 0.1) is 6.61 Å². The Morgan fingerprint density at radius 2 is 1.54 bits per heavy atom. The lowest BCUT2D eigenvalue weighted by Gasteiger charge is -2.19. The summed E-state index contributed by atoms with van der Waals surface area (Å²) in [6.07, 6.45) is 0.889. The first-order chi connectivity index (χ1) is 12.3. The van der Waals surface area contributed by atoms with E-state index in [2.05, 4.69) is 31.6 Å². The fourth-order valence-electron chi connectivity index (χ4n) is 2.33. The molecule has 2 amide bonds. The van der Waals surface area contributed by atoms with E-state index in [-0.39, 0.29) is 11.3 Å². The SMILES string of the molecule is CCCOc1cccc(C(=O)NNC(=O)c2ccc(C(C)(C)C)cc2)c1. The summed E-state index contributed by atoms with van der Waals surface area (Å²) < 4.78 is 5.51. The predicted octanol–water partition coefficient (Wildman–Crippen LogP) is 3.85. The zero-order chi connectivity index (χ0) is 19.2. The van der Waals surface area contributed by atoms with Gasteiger partial charge in [0, 0.05) is 11.1 Å². The average Bonchev–Trinajstić information content (AvgIpc) is 2.63. The zero-order valence-electron chi connectivity index (χ0n) is 15.8. The van der Waals surface area contributed by atoms with Gasteiger partial charge in [0.15, 0.2) is 0 Å². The molecule has 26 heavy (non-hydrogen) atoms. The van der Waals surface area contributed by atoms with Gasteiger partial charge in [-0.25, -0.2) is 0 Å². The molecular formula is C21H26N2O3. The fourth-order valence-corrected chi connectivity index (χ4v) is 2.33. The molecule has 5 heteroatoms. The molecule has 0 bridgehead atoms. The molecular weight excluding hydrogens is 328 g/mol. The molecule has 0 unspecified atom stereocenters. The van der Waals surface area contributed by atoms with E-state index >= 15 is 0 Å². The first kappa shape index (κ1) is 19.5. The van der Waals surface area contributed by atoms with Crippen LogP contribution in [-0.2, 0) is 5.41 Å². The average molecular weight is 354 g/mol. The quantitative estimate of drug-likeness (QED) is 0.802. The Balaban J connectivity index is 1.95. The van der Waals surface area contributed by atoms with Gasteiger partial charge in [0.25, 0.3) is 11.8 Å². The van der Waals surface area contributed by atoms with Crippen LogP contribution in [0.25, 0.3) is 0 Å². The van der Waals surface area contributed by atoms with Crippen molar-refractivity contribution < 1.29 is 14.3 Å². The third kappa shape index (κ3) is 5.34. The highest BCUT2D eigenvalue weighted by Gasteiger charge is 2.15. The van der Waals surface area contributed by atoms with Crippen LogP contribution in [0.4, 0.5) is 0 Å². The molecule has 2 rings (SSSR count). The Hall–Kier alpha value is -2.82. The Kier molecular flexibility index (Phi) is 6.39. The van der Waals surface area contributed by atoms with E-state index in [1.807, 2.05) is 19.1 Å². The van der Waals surface area contributed by atoms with Crippen LogP contribution in [0.2, 0.25) is 0 Å². The van der Waals surface area contributed by atoms with Gasteiger partial charge < -0.3 is 4.74 Å². The third-order valence-corrected chi connectivity index (χ3v) is 3.87. The molecule has 0 aromatic heterocycles. The lowest BCUT2D eigenvalue weighted by atomic mass is 9.87. The molecule has 0 fully saturated rings. The van der Waals surface area contributed by atoms with E-state index in [4.69, 9.17) is 4.74 Å². The molecule has 2 aromatic rings. The van der Waals surface area contributed by atoms with Crippen LogP contribution in [-0.4, -0.2) is 18.4 Å². The number of carbonyl (C=O) groups is 2. The molecule has 0 spiro atoms. The van der Waals surface area contributed by atoms with Gasteiger partial charge in [0.1, 0.15) is 5.75 Å². The smallest absolute Gasteiger partial charge is 0.269 e. The summed E-state index contributed by atoms with van der Waals surface area (Å²) in [5.74, 6) is -0.132. The van der Waals surface area contributed by atoms with E-state index in [1.165, 1.54) is 0 Å². The second-order valence-electron chi connectivity index (χ2n) is 7.11. The van der Waals surface area contributed by atoms with Crippen LogP contribution in [0.5, 0.6) is 5.75 Å².